The van der Waals surface area contributed by atoms with Gasteiger partial charge in [-0.2, -0.15) is 0 Å². The number of oxazole rings is 1. The summed E-state index contributed by atoms with van der Waals surface area (Å²) in [7, 11) is 0. The number of pyridine rings is 1. The Balaban J connectivity index is 1.66. The summed E-state index contributed by atoms with van der Waals surface area (Å²) >= 11 is 0. The topological polar surface area (TPSA) is 77.1 Å². The molecular weight excluding hydrogens is 342 g/mol. The van der Waals surface area contributed by atoms with Crippen LogP contribution in [0.25, 0.3) is 11.1 Å². The number of anilines is 1. The molecule has 4 aromatic rings. The highest BCUT2D eigenvalue weighted by atomic mass is 16.4. The zero-order valence-corrected chi connectivity index (χ0v) is 14.7. The lowest BCUT2D eigenvalue weighted by molar-refractivity contribution is 0.102. The molecule has 2 aromatic carbocycles. The first-order chi connectivity index (χ1) is 13.1. The van der Waals surface area contributed by atoms with E-state index in [0.29, 0.717) is 29.0 Å². The van der Waals surface area contributed by atoms with Crippen molar-refractivity contribution in [1.29, 1.82) is 0 Å². The van der Waals surface area contributed by atoms with Gasteiger partial charge in [0.2, 0.25) is 0 Å². The summed E-state index contributed by atoms with van der Waals surface area (Å²) in [5.74, 6) is -0.278. The molecule has 0 saturated heterocycles. The molecule has 0 radical (unpaired) electrons. The van der Waals surface area contributed by atoms with Gasteiger partial charge in [-0.3, -0.25) is 9.36 Å². The molecule has 0 aliphatic heterocycles. The molecule has 0 aliphatic carbocycles. The van der Waals surface area contributed by atoms with Gasteiger partial charge in [-0.15, -0.1) is 0 Å². The van der Waals surface area contributed by atoms with Crippen LogP contribution in [0.4, 0.5) is 5.82 Å². The van der Waals surface area contributed by atoms with Crippen molar-refractivity contribution in [2.75, 3.05) is 5.32 Å². The third kappa shape index (κ3) is 3.50. The first-order valence-corrected chi connectivity index (χ1v) is 8.51. The number of hydrogen-bond donors (Lipinski definition) is 1. The number of benzene rings is 2. The van der Waals surface area contributed by atoms with E-state index in [-0.39, 0.29) is 5.91 Å². The fourth-order valence-corrected chi connectivity index (χ4v) is 2.85. The monoisotopic (exact) mass is 359 g/mol. The predicted octanol–water partition coefficient (Wildman–Crippen LogP) is 3.60. The van der Waals surface area contributed by atoms with E-state index < -0.39 is 5.76 Å². The van der Waals surface area contributed by atoms with Crippen molar-refractivity contribution in [3.05, 3.63) is 94.1 Å². The lowest BCUT2D eigenvalue weighted by Crippen LogP contribution is -2.16. The normalized spacial score (nSPS) is 10.9. The second-order valence-electron chi connectivity index (χ2n) is 6.30. The minimum atomic E-state index is -0.452. The Morgan fingerprint density at radius 1 is 1.11 bits per heavy atom. The van der Waals surface area contributed by atoms with Crippen molar-refractivity contribution < 1.29 is 9.21 Å². The molecule has 2 heterocycles. The number of carbonyl (C=O) groups excluding carboxylic acids is 1. The third-order valence-electron chi connectivity index (χ3n) is 4.27. The van der Waals surface area contributed by atoms with Crippen LogP contribution in [-0.2, 0) is 6.54 Å². The van der Waals surface area contributed by atoms with Gasteiger partial charge in [-0.05, 0) is 42.3 Å². The molecule has 6 heteroatoms. The summed E-state index contributed by atoms with van der Waals surface area (Å²) in [6.07, 6.45) is 1.69. The van der Waals surface area contributed by atoms with E-state index in [9.17, 15) is 9.59 Å². The van der Waals surface area contributed by atoms with E-state index in [1.807, 2.05) is 43.3 Å². The van der Waals surface area contributed by atoms with Crippen LogP contribution in [-0.4, -0.2) is 15.5 Å². The Morgan fingerprint density at radius 3 is 2.67 bits per heavy atom. The summed E-state index contributed by atoms with van der Waals surface area (Å²) in [4.78, 5) is 29.0. The van der Waals surface area contributed by atoms with Crippen LogP contribution in [0.1, 0.15) is 21.5 Å². The molecule has 134 valence electrons. The zero-order chi connectivity index (χ0) is 18.8. The molecular formula is C21H17N3O3. The average molecular weight is 359 g/mol. The van der Waals surface area contributed by atoms with Gasteiger partial charge >= 0.3 is 5.76 Å². The first-order valence-electron chi connectivity index (χ1n) is 8.51. The van der Waals surface area contributed by atoms with Crippen LogP contribution in [0.3, 0.4) is 0 Å². The molecule has 0 saturated carbocycles. The fourth-order valence-electron chi connectivity index (χ4n) is 2.85. The van der Waals surface area contributed by atoms with Crippen LogP contribution in [0.15, 0.2) is 76.1 Å². The number of nitrogens with zero attached hydrogens (tertiary/aromatic N) is 2. The van der Waals surface area contributed by atoms with Crippen LogP contribution >= 0.6 is 0 Å². The van der Waals surface area contributed by atoms with Crippen LogP contribution < -0.4 is 11.1 Å². The number of nitrogens with one attached hydrogen (secondary N) is 1. The zero-order valence-electron chi connectivity index (χ0n) is 14.7. The maximum Gasteiger partial charge on any atom is 0.420 e. The van der Waals surface area contributed by atoms with E-state index in [0.717, 1.165) is 11.1 Å². The Labute approximate surface area is 155 Å². The fraction of sp³-hybridized carbons (Fsp3) is 0.0952. The highest BCUT2D eigenvalue weighted by Gasteiger charge is 2.14. The molecule has 0 aliphatic rings. The quantitative estimate of drug-likeness (QED) is 0.604. The van der Waals surface area contributed by atoms with Gasteiger partial charge in [-0.1, -0.05) is 36.4 Å². The van der Waals surface area contributed by atoms with Crippen molar-refractivity contribution in [2.45, 2.75) is 13.5 Å². The van der Waals surface area contributed by atoms with Gasteiger partial charge in [0, 0.05) is 11.8 Å². The Kier molecular flexibility index (Phi) is 4.30. The Morgan fingerprint density at radius 2 is 1.93 bits per heavy atom. The number of rotatable bonds is 4. The summed E-state index contributed by atoms with van der Waals surface area (Å²) in [5.41, 5.74) is 3.43. The maximum absolute atomic E-state index is 12.6. The van der Waals surface area contributed by atoms with Gasteiger partial charge in [0.25, 0.3) is 5.91 Å². The second-order valence-corrected chi connectivity index (χ2v) is 6.30. The lowest BCUT2D eigenvalue weighted by atomic mass is 10.1. The van der Waals surface area contributed by atoms with Gasteiger partial charge in [-0.25, -0.2) is 9.78 Å². The molecule has 6 nitrogen and oxygen atoms in total. The van der Waals surface area contributed by atoms with Crippen LogP contribution in [0.5, 0.6) is 0 Å². The van der Waals surface area contributed by atoms with E-state index in [1.54, 1.807) is 30.5 Å². The van der Waals surface area contributed by atoms with Crippen molar-refractivity contribution in [2.24, 2.45) is 0 Å². The SMILES string of the molecule is Cc1ccc(NC(=O)c2ccc3oc(=O)n(Cc4ccccc4)c3c2)nc1. The predicted molar refractivity (Wildman–Crippen MR) is 103 cm³/mol. The van der Waals surface area contributed by atoms with Gasteiger partial charge in [0.05, 0.1) is 12.1 Å². The van der Waals surface area contributed by atoms with Gasteiger partial charge < -0.3 is 9.73 Å². The third-order valence-corrected chi connectivity index (χ3v) is 4.27. The van der Waals surface area contributed by atoms with Crippen molar-refractivity contribution >= 4 is 22.8 Å². The molecule has 0 spiro atoms. The number of hydrogen-bond acceptors (Lipinski definition) is 4. The number of fused-ring (bicyclic) bond motifs is 1. The smallest absolute Gasteiger partial charge is 0.408 e. The summed E-state index contributed by atoms with van der Waals surface area (Å²) in [5, 5.41) is 2.76. The van der Waals surface area contributed by atoms with Crippen molar-refractivity contribution in [3.8, 4) is 0 Å². The molecule has 0 fully saturated rings. The van der Waals surface area contributed by atoms with Crippen molar-refractivity contribution in [1.82, 2.24) is 9.55 Å². The summed E-state index contributed by atoms with van der Waals surface area (Å²) in [6, 6.07) is 18.2. The summed E-state index contributed by atoms with van der Waals surface area (Å²) in [6.45, 7) is 2.30. The lowest BCUT2D eigenvalue weighted by Gasteiger charge is -2.06. The minimum absolute atomic E-state index is 0.298. The first kappa shape index (κ1) is 16.8. The van der Waals surface area contributed by atoms with Crippen LogP contribution in [0.2, 0.25) is 0 Å². The molecule has 1 amide bonds. The average Bonchev–Trinajstić information content (AvgIpc) is 2.99. The highest BCUT2D eigenvalue weighted by Crippen LogP contribution is 2.17. The largest absolute Gasteiger partial charge is 0.420 e. The number of aryl methyl sites for hydroxylation is 1. The molecule has 0 atom stereocenters. The second kappa shape index (κ2) is 6.92. The standard InChI is InChI=1S/C21H17N3O3/c1-14-7-10-19(22-12-14)23-20(25)16-8-9-18-17(11-16)24(21(26)27-18)13-15-5-3-2-4-6-15/h2-12H,13H2,1H3,(H,22,23,25). The minimum Gasteiger partial charge on any atom is -0.408 e. The van der Waals surface area contributed by atoms with Crippen LogP contribution in [0, 0.1) is 6.92 Å². The van der Waals surface area contributed by atoms with E-state index in [1.165, 1.54) is 4.57 Å². The number of aromatic nitrogens is 2. The van der Waals surface area contributed by atoms with Gasteiger partial charge in [0.15, 0.2) is 5.58 Å². The van der Waals surface area contributed by atoms with E-state index in [2.05, 4.69) is 10.3 Å². The molecule has 27 heavy (non-hydrogen) atoms. The number of amides is 1. The van der Waals surface area contributed by atoms with Crippen molar-refractivity contribution in [3.63, 3.8) is 0 Å². The Bertz CT molecular complexity index is 1160. The highest BCUT2D eigenvalue weighted by molar-refractivity contribution is 6.05. The van der Waals surface area contributed by atoms with E-state index >= 15 is 0 Å². The van der Waals surface area contributed by atoms with E-state index in [4.69, 9.17) is 4.42 Å². The Hall–Kier alpha value is -3.67. The van der Waals surface area contributed by atoms with Gasteiger partial charge in [0.1, 0.15) is 5.82 Å². The molecule has 0 unspecified atom stereocenters. The molecule has 2 aromatic heterocycles. The maximum atomic E-state index is 12.6. The summed E-state index contributed by atoms with van der Waals surface area (Å²) < 4.78 is 6.82. The molecule has 1 N–H and O–H groups in total. The molecule has 0 bridgehead atoms. The number of carbonyl (C=O) groups is 1. The molecule has 4 rings (SSSR count).